The van der Waals surface area contributed by atoms with E-state index in [9.17, 15) is 4.79 Å². The van der Waals surface area contributed by atoms with Crippen LogP contribution in [0.25, 0.3) is 0 Å². The van der Waals surface area contributed by atoms with Crippen LogP contribution in [0.1, 0.15) is 34.8 Å². The molecule has 0 radical (unpaired) electrons. The van der Waals surface area contributed by atoms with Crippen LogP contribution in [0.5, 0.6) is 0 Å². The van der Waals surface area contributed by atoms with Crippen molar-refractivity contribution in [1.29, 1.82) is 0 Å². The number of carbonyl (C=O) groups is 1. The fourth-order valence-corrected chi connectivity index (χ4v) is 2.66. The highest BCUT2D eigenvalue weighted by atomic mass is 32.1. The minimum Gasteiger partial charge on any atom is -0.462 e. The maximum absolute atomic E-state index is 11.7. The van der Waals surface area contributed by atoms with Gasteiger partial charge in [0.15, 0.2) is 5.11 Å². The Morgan fingerprint density at radius 2 is 1.92 bits per heavy atom. The number of esters is 1. The second-order valence-electron chi connectivity index (χ2n) is 5.72. The molecule has 2 aromatic rings. The molecule has 0 aromatic heterocycles. The predicted molar refractivity (Wildman–Crippen MR) is 106 cm³/mol. The summed E-state index contributed by atoms with van der Waals surface area (Å²) >= 11 is 5.34. The lowest BCUT2D eigenvalue weighted by Crippen LogP contribution is -2.29. The molecule has 0 aliphatic carbocycles. The van der Waals surface area contributed by atoms with E-state index in [0.717, 1.165) is 30.6 Å². The highest BCUT2D eigenvalue weighted by molar-refractivity contribution is 7.80. The number of benzene rings is 2. The molecule has 25 heavy (non-hydrogen) atoms. The van der Waals surface area contributed by atoms with Gasteiger partial charge < -0.3 is 15.4 Å². The van der Waals surface area contributed by atoms with E-state index in [0.29, 0.717) is 17.3 Å². The van der Waals surface area contributed by atoms with Crippen molar-refractivity contribution < 1.29 is 9.53 Å². The summed E-state index contributed by atoms with van der Waals surface area (Å²) in [7, 11) is 0. The number of anilines is 1. The molecule has 2 N–H and O–H groups in total. The van der Waals surface area contributed by atoms with Crippen molar-refractivity contribution in [2.45, 2.75) is 26.7 Å². The molecule has 132 valence electrons. The summed E-state index contributed by atoms with van der Waals surface area (Å²) in [6.45, 7) is 4.90. The van der Waals surface area contributed by atoms with Crippen LogP contribution in [0.4, 0.5) is 5.69 Å². The van der Waals surface area contributed by atoms with Gasteiger partial charge in [0.25, 0.3) is 0 Å². The highest BCUT2D eigenvalue weighted by Crippen LogP contribution is 2.17. The molecule has 4 nitrogen and oxygen atoms in total. The minimum absolute atomic E-state index is 0.307. The molecule has 0 aliphatic heterocycles. The zero-order valence-corrected chi connectivity index (χ0v) is 15.5. The fourth-order valence-electron chi connectivity index (χ4n) is 2.45. The van der Waals surface area contributed by atoms with Crippen LogP contribution in [0, 0.1) is 6.92 Å². The molecule has 2 rings (SSSR count). The molecule has 0 heterocycles. The first kappa shape index (κ1) is 18.9. The van der Waals surface area contributed by atoms with Gasteiger partial charge in [0.05, 0.1) is 12.2 Å². The Kier molecular flexibility index (Phi) is 7.41. The largest absolute Gasteiger partial charge is 0.462 e. The van der Waals surface area contributed by atoms with Gasteiger partial charge in [-0.25, -0.2) is 4.79 Å². The van der Waals surface area contributed by atoms with Crippen molar-refractivity contribution in [3.05, 3.63) is 65.2 Å². The fraction of sp³-hybridized carbons (Fsp3) is 0.300. The van der Waals surface area contributed by atoms with Gasteiger partial charge in [-0.15, -0.1) is 0 Å². The summed E-state index contributed by atoms with van der Waals surface area (Å²) in [5.41, 5.74) is 3.70. The van der Waals surface area contributed by atoms with E-state index in [2.05, 4.69) is 34.9 Å². The third kappa shape index (κ3) is 6.19. The summed E-state index contributed by atoms with van der Waals surface area (Å²) in [6.07, 6.45) is 2.02. The zero-order chi connectivity index (χ0) is 18.1. The zero-order valence-electron chi connectivity index (χ0n) is 14.7. The van der Waals surface area contributed by atoms with Crippen molar-refractivity contribution >= 4 is 29.0 Å². The number of ether oxygens (including phenoxy) is 1. The number of aryl methyl sites for hydroxylation is 2. The van der Waals surface area contributed by atoms with E-state index in [1.807, 2.05) is 19.1 Å². The van der Waals surface area contributed by atoms with Crippen LogP contribution < -0.4 is 10.6 Å². The van der Waals surface area contributed by atoms with Crippen LogP contribution in [-0.2, 0) is 11.2 Å². The van der Waals surface area contributed by atoms with Crippen molar-refractivity contribution in [2.24, 2.45) is 0 Å². The normalized spacial score (nSPS) is 10.2. The molecule has 0 saturated heterocycles. The maximum atomic E-state index is 11.7. The Morgan fingerprint density at radius 1 is 1.16 bits per heavy atom. The average molecular weight is 356 g/mol. The Morgan fingerprint density at radius 3 is 2.60 bits per heavy atom. The van der Waals surface area contributed by atoms with Gasteiger partial charge in [0.1, 0.15) is 0 Å². The lowest BCUT2D eigenvalue weighted by molar-refractivity contribution is 0.0526. The number of hydrogen-bond donors (Lipinski definition) is 2. The number of rotatable bonds is 7. The monoisotopic (exact) mass is 356 g/mol. The lowest BCUT2D eigenvalue weighted by atomic mass is 10.1. The second-order valence-corrected chi connectivity index (χ2v) is 6.13. The van der Waals surface area contributed by atoms with Gasteiger partial charge in [-0.05, 0) is 68.2 Å². The van der Waals surface area contributed by atoms with Crippen molar-refractivity contribution in [1.82, 2.24) is 5.32 Å². The third-order valence-corrected chi connectivity index (χ3v) is 4.00. The van der Waals surface area contributed by atoms with Crippen LogP contribution >= 0.6 is 12.2 Å². The van der Waals surface area contributed by atoms with Gasteiger partial charge >= 0.3 is 5.97 Å². The summed E-state index contributed by atoms with van der Waals surface area (Å²) in [6, 6.07) is 15.8. The van der Waals surface area contributed by atoms with E-state index in [-0.39, 0.29) is 5.97 Å². The van der Waals surface area contributed by atoms with Crippen LogP contribution in [0.2, 0.25) is 0 Å². The average Bonchev–Trinajstić information content (AvgIpc) is 2.61. The molecule has 0 bridgehead atoms. The summed E-state index contributed by atoms with van der Waals surface area (Å²) in [4.78, 5) is 11.7. The topological polar surface area (TPSA) is 50.4 Å². The minimum atomic E-state index is -0.307. The first-order chi connectivity index (χ1) is 12.1. The highest BCUT2D eigenvalue weighted by Gasteiger charge is 2.09. The maximum Gasteiger partial charge on any atom is 0.338 e. The molecule has 0 unspecified atom stereocenters. The number of carbonyl (C=O) groups excluding carboxylic acids is 1. The van der Waals surface area contributed by atoms with Crippen molar-refractivity contribution in [3.63, 3.8) is 0 Å². The molecule has 0 spiro atoms. The van der Waals surface area contributed by atoms with Crippen LogP contribution in [0.3, 0.4) is 0 Å². The third-order valence-electron chi connectivity index (χ3n) is 3.76. The van der Waals surface area contributed by atoms with Gasteiger partial charge in [0, 0.05) is 12.2 Å². The van der Waals surface area contributed by atoms with Crippen LogP contribution in [-0.4, -0.2) is 24.2 Å². The smallest absolute Gasteiger partial charge is 0.338 e. The van der Waals surface area contributed by atoms with Crippen molar-refractivity contribution in [2.75, 3.05) is 18.5 Å². The first-order valence-corrected chi connectivity index (χ1v) is 8.87. The molecule has 0 amide bonds. The molecule has 0 saturated carbocycles. The van der Waals surface area contributed by atoms with Gasteiger partial charge in [-0.2, -0.15) is 0 Å². The Hall–Kier alpha value is -2.40. The SMILES string of the molecule is CCOC(=O)c1ccc(NC(=S)NCCCc2ccccc2)c(C)c1. The van der Waals surface area contributed by atoms with E-state index < -0.39 is 0 Å². The Labute approximate surface area is 154 Å². The molecule has 2 aromatic carbocycles. The number of hydrogen-bond acceptors (Lipinski definition) is 3. The molecular weight excluding hydrogens is 332 g/mol. The summed E-state index contributed by atoms with van der Waals surface area (Å²) in [5, 5.41) is 6.97. The standard InChI is InChI=1S/C20H24N2O2S/c1-3-24-19(23)17-11-12-18(15(2)14-17)22-20(25)21-13-7-10-16-8-5-4-6-9-16/h4-6,8-9,11-12,14H,3,7,10,13H2,1-2H3,(H2,21,22,25). The van der Waals surface area contributed by atoms with E-state index in [4.69, 9.17) is 17.0 Å². The van der Waals surface area contributed by atoms with Gasteiger partial charge in [-0.3, -0.25) is 0 Å². The summed E-state index contributed by atoms with van der Waals surface area (Å²) < 4.78 is 5.01. The van der Waals surface area contributed by atoms with E-state index in [1.165, 1.54) is 5.56 Å². The number of thiocarbonyl (C=S) groups is 1. The molecule has 5 heteroatoms. The Balaban J connectivity index is 1.79. The van der Waals surface area contributed by atoms with Gasteiger partial charge in [-0.1, -0.05) is 30.3 Å². The summed E-state index contributed by atoms with van der Waals surface area (Å²) in [5.74, 6) is -0.307. The predicted octanol–water partition coefficient (Wildman–Crippen LogP) is 4.09. The second kappa shape index (κ2) is 9.79. The van der Waals surface area contributed by atoms with Crippen molar-refractivity contribution in [3.8, 4) is 0 Å². The lowest BCUT2D eigenvalue weighted by Gasteiger charge is -2.13. The number of nitrogens with one attached hydrogen (secondary N) is 2. The van der Waals surface area contributed by atoms with Gasteiger partial charge in [0.2, 0.25) is 0 Å². The molecule has 0 aliphatic rings. The van der Waals surface area contributed by atoms with Crippen LogP contribution in [0.15, 0.2) is 48.5 Å². The molecule has 0 atom stereocenters. The first-order valence-electron chi connectivity index (χ1n) is 8.46. The quantitative estimate of drug-likeness (QED) is 0.444. The Bertz CT molecular complexity index is 717. The molecular formula is C20H24N2O2S. The van der Waals surface area contributed by atoms with E-state index >= 15 is 0 Å². The van der Waals surface area contributed by atoms with E-state index in [1.54, 1.807) is 19.1 Å². The molecule has 0 fully saturated rings.